The van der Waals surface area contributed by atoms with E-state index in [4.69, 9.17) is 5.26 Å². The summed E-state index contributed by atoms with van der Waals surface area (Å²) >= 11 is 2.26. The van der Waals surface area contributed by atoms with Crippen molar-refractivity contribution < 1.29 is 0 Å². The highest BCUT2D eigenvalue weighted by atomic mass is 127. The zero-order valence-corrected chi connectivity index (χ0v) is 9.00. The van der Waals surface area contributed by atoms with Crippen molar-refractivity contribution in [2.75, 3.05) is 0 Å². The summed E-state index contributed by atoms with van der Waals surface area (Å²) in [4.78, 5) is 0. The molecule has 0 aliphatic heterocycles. The predicted octanol–water partition coefficient (Wildman–Crippen LogP) is 3.10. The summed E-state index contributed by atoms with van der Waals surface area (Å²) in [6.07, 6.45) is 0. The summed E-state index contributed by atoms with van der Waals surface area (Å²) in [6.45, 7) is 5.96. The van der Waals surface area contributed by atoms with Crippen molar-refractivity contribution in [1.82, 2.24) is 0 Å². The van der Waals surface area contributed by atoms with Crippen LogP contribution in [0.3, 0.4) is 0 Å². The molecule has 1 radical (unpaired) electrons. The molecular weight excluding hydrogens is 261 g/mol. The maximum absolute atomic E-state index is 8.66. The van der Waals surface area contributed by atoms with Crippen LogP contribution in [0.2, 0.25) is 0 Å². The Morgan fingerprint density at radius 2 is 2.25 bits per heavy atom. The van der Waals surface area contributed by atoms with Gasteiger partial charge >= 0.3 is 0 Å². The summed E-state index contributed by atoms with van der Waals surface area (Å²) in [5, 5.41) is 8.66. The molecule has 0 saturated carbocycles. The van der Waals surface area contributed by atoms with Gasteiger partial charge in [-0.1, -0.05) is 6.92 Å². The fourth-order valence-corrected chi connectivity index (χ4v) is 1.86. The van der Waals surface area contributed by atoms with Crippen LogP contribution >= 0.6 is 22.6 Å². The van der Waals surface area contributed by atoms with Crippen LogP contribution < -0.4 is 0 Å². The van der Waals surface area contributed by atoms with Crippen LogP contribution in [0.15, 0.2) is 18.2 Å². The van der Waals surface area contributed by atoms with Crippen LogP contribution in [0.25, 0.3) is 0 Å². The van der Waals surface area contributed by atoms with Crippen molar-refractivity contribution >= 4 is 22.6 Å². The van der Waals surface area contributed by atoms with Crippen LogP contribution in [-0.4, -0.2) is 0 Å². The van der Waals surface area contributed by atoms with Crippen molar-refractivity contribution in [3.63, 3.8) is 0 Å². The summed E-state index contributed by atoms with van der Waals surface area (Å²) < 4.78 is 1.18. The maximum atomic E-state index is 8.66. The highest BCUT2D eigenvalue weighted by Crippen LogP contribution is 2.21. The molecule has 1 aromatic rings. The molecule has 1 atom stereocenters. The lowest BCUT2D eigenvalue weighted by atomic mass is 10.0. The number of nitrogens with zero attached hydrogens (tertiary/aromatic N) is 1. The third-order valence-corrected chi connectivity index (χ3v) is 2.64. The van der Waals surface area contributed by atoms with Gasteiger partial charge in [0, 0.05) is 3.57 Å². The van der Waals surface area contributed by atoms with Crippen molar-refractivity contribution in [1.29, 1.82) is 5.26 Å². The minimum atomic E-state index is 0.241. The highest BCUT2D eigenvalue weighted by Gasteiger charge is 2.04. The van der Waals surface area contributed by atoms with Gasteiger partial charge in [-0.25, -0.2) is 0 Å². The third kappa shape index (κ3) is 1.98. The number of nitriles is 1. The van der Waals surface area contributed by atoms with E-state index in [1.807, 2.05) is 25.1 Å². The van der Waals surface area contributed by atoms with Gasteiger partial charge in [-0.05, 0) is 59.2 Å². The van der Waals surface area contributed by atoms with E-state index in [0.717, 1.165) is 5.56 Å². The summed E-state index contributed by atoms with van der Waals surface area (Å²) in [7, 11) is 0. The largest absolute Gasteiger partial charge is 0.192 e. The van der Waals surface area contributed by atoms with Gasteiger partial charge in [-0.2, -0.15) is 5.26 Å². The van der Waals surface area contributed by atoms with E-state index in [9.17, 15) is 0 Å². The molecular formula is C10H9IN. The third-order valence-electron chi connectivity index (χ3n) is 1.66. The Morgan fingerprint density at radius 1 is 1.58 bits per heavy atom. The number of hydrogen-bond donors (Lipinski definition) is 0. The molecule has 1 nitrogen and oxygen atoms in total. The monoisotopic (exact) mass is 270 g/mol. The van der Waals surface area contributed by atoms with Gasteiger partial charge in [0.15, 0.2) is 0 Å². The average molecular weight is 270 g/mol. The minimum Gasteiger partial charge on any atom is -0.192 e. The van der Waals surface area contributed by atoms with Gasteiger partial charge in [0.05, 0.1) is 11.6 Å². The molecule has 0 bridgehead atoms. The van der Waals surface area contributed by atoms with Crippen LogP contribution in [-0.2, 0) is 0 Å². The van der Waals surface area contributed by atoms with Crippen molar-refractivity contribution in [3.8, 4) is 6.07 Å². The first kappa shape index (κ1) is 9.53. The fourth-order valence-electron chi connectivity index (χ4n) is 0.991. The molecule has 0 spiro atoms. The van der Waals surface area contributed by atoms with E-state index in [-0.39, 0.29) is 5.92 Å². The molecule has 0 N–H and O–H groups in total. The molecule has 0 aromatic heterocycles. The normalized spacial score (nSPS) is 9.92. The molecule has 0 amide bonds. The Balaban J connectivity index is 3.19. The lowest BCUT2D eigenvalue weighted by Crippen LogP contribution is -1.92. The SMILES string of the molecule is [CH2]C(C)c1cc(C#N)ccc1I. The standard InChI is InChI=1S/C10H9IN/c1-7(2)9-5-8(6-12)3-4-10(9)11/h3-5,7H,1H2,2H3. The number of hydrogen-bond acceptors (Lipinski definition) is 1. The topological polar surface area (TPSA) is 23.8 Å². The molecule has 1 rings (SSSR count). The van der Waals surface area contributed by atoms with E-state index >= 15 is 0 Å². The van der Waals surface area contributed by atoms with Gasteiger partial charge in [0.2, 0.25) is 0 Å². The summed E-state index contributed by atoms with van der Waals surface area (Å²) in [6, 6.07) is 7.80. The Hall–Kier alpha value is -0.560. The van der Waals surface area contributed by atoms with Crippen LogP contribution in [0.1, 0.15) is 24.0 Å². The lowest BCUT2D eigenvalue weighted by Gasteiger charge is -2.07. The molecule has 12 heavy (non-hydrogen) atoms. The second-order valence-electron chi connectivity index (χ2n) is 2.75. The molecule has 1 aromatic carbocycles. The lowest BCUT2D eigenvalue weighted by molar-refractivity contribution is 0.954. The maximum Gasteiger partial charge on any atom is 0.0991 e. The van der Waals surface area contributed by atoms with E-state index in [0.29, 0.717) is 5.56 Å². The highest BCUT2D eigenvalue weighted by molar-refractivity contribution is 14.1. The van der Waals surface area contributed by atoms with Crippen molar-refractivity contribution in [2.45, 2.75) is 12.8 Å². The molecule has 0 aliphatic carbocycles. The van der Waals surface area contributed by atoms with Gasteiger partial charge in [0.1, 0.15) is 0 Å². The molecule has 61 valence electrons. The molecule has 0 heterocycles. The Kier molecular flexibility index (Phi) is 3.10. The summed E-state index contributed by atoms with van der Waals surface area (Å²) in [5.74, 6) is 0.241. The molecule has 0 saturated heterocycles. The van der Waals surface area contributed by atoms with E-state index in [1.165, 1.54) is 3.57 Å². The number of rotatable bonds is 1. The second-order valence-corrected chi connectivity index (χ2v) is 3.91. The quantitative estimate of drug-likeness (QED) is 0.719. The van der Waals surface area contributed by atoms with Gasteiger partial charge in [-0.15, -0.1) is 0 Å². The first-order valence-electron chi connectivity index (χ1n) is 3.67. The van der Waals surface area contributed by atoms with E-state index in [1.54, 1.807) is 0 Å². The Bertz CT molecular complexity index is 323. The summed E-state index contributed by atoms with van der Waals surface area (Å²) in [5.41, 5.74) is 1.86. The smallest absolute Gasteiger partial charge is 0.0991 e. The molecule has 0 aliphatic rings. The van der Waals surface area contributed by atoms with Crippen LogP contribution in [0, 0.1) is 21.8 Å². The number of halogens is 1. The van der Waals surface area contributed by atoms with Gasteiger partial charge < -0.3 is 0 Å². The molecule has 1 unspecified atom stereocenters. The van der Waals surface area contributed by atoms with Gasteiger partial charge in [0.25, 0.3) is 0 Å². The molecule has 0 fully saturated rings. The van der Waals surface area contributed by atoms with Crippen LogP contribution in [0.5, 0.6) is 0 Å². The van der Waals surface area contributed by atoms with Crippen LogP contribution in [0.4, 0.5) is 0 Å². The minimum absolute atomic E-state index is 0.241. The Labute approximate surface area is 86.5 Å². The van der Waals surface area contributed by atoms with Crippen molar-refractivity contribution in [3.05, 3.63) is 39.8 Å². The first-order valence-corrected chi connectivity index (χ1v) is 4.75. The number of benzene rings is 1. The first-order chi connectivity index (χ1) is 5.65. The van der Waals surface area contributed by atoms with E-state index < -0.39 is 0 Å². The average Bonchev–Trinajstić information content (AvgIpc) is 2.05. The molecule has 2 heteroatoms. The van der Waals surface area contributed by atoms with Gasteiger partial charge in [-0.3, -0.25) is 0 Å². The second kappa shape index (κ2) is 3.90. The zero-order valence-electron chi connectivity index (χ0n) is 6.84. The Morgan fingerprint density at radius 3 is 2.75 bits per heavy atom. The van der Waals surface area contributed by atoms with E-state index in [2.05, 4.69) is 35.6 Å². The predicted molar refractivity (Wildman–Crippen MR) is 57.6 cm³/mol. The fraction of sp³-hybridized carbons (Fsp3) is 0.200. The zero-order chi connectivity index (χ0) is 9.14. The van der Waals surface area contributed by atoms with Crippen molar-refractivity contribution in [2.24, 2.45) is 0 Å².